The second kappa shape index (κ2) is 18.3. The third-order valence-electron chi connectivity index (χ3n) is 9.74. The van der Waals surface area contributed by atoms with E-state index in [1.807, 2.05) is 6.92 Å². The second-order valence-corrected chi connectivity index (χ2v) is 14.0. The molecule has 4 N–H and O–H groups in total. The first-order valence-electron chi connectivity index (χ1n) is 17.3. The van der Waals surface area contributed by atoms with Gasteiger partial charge in [-0.05, 0) is 70.3 Å². The number of methoxy groups -OCH3 is 1. The summed E-state index contributed by atoms with van der Waals surface area (Å²) in [5.41, 5.74) is 0.824. The average molecular weight is 666 g/mol. The molecule has 0 bridgehead atoms. The average Bonchev–Trinajstić information content (AvgIpc) is 3.69. The lowest BCUT2D eigenvalue weighted by Crippen LogP contribution is -2.46. The van der Waals surface area contributed by atoms with Gasteiger partial charge in [-0.3, -0.25) is 4.79 Å². The molecule has 0 aromatic rings. The van der Waals surface area contributed by atoms with E-state index in [2.05, 4.69) is 56.6 Å². The van der Waals surface area contributed by atoms with Crippen LogP contribution in [0.1, 0.15) is 80.1 Å². The zero-order valence-corrected chi connectivity index (χ0v) is 29.4. The Morgan fingerprint density at radius 1 is 1.17 bits per heavy atom. The number of carbonyl (C=O) groups excluding carboxylic acids is 2. The van der Waals surface area contributed by atoms with Crippen LogP contribution in [-0.4, -0.2) is 115 Å². The van der Waals surface area contributed by atoms with Gasteiger partial charge in [0.05, 0.1) is 49.1 Å². The Morgan fingerprint density at radius 3 is 2.51 bits per heavy atom. The van der Waals surface area contributed by atoms with Gasteiger partial charge in [0.15, 0.2) is 0 Å². The Labute approximate surface area is 280 Å². The summed E-state index contributed by atoms with van der Waals surface area (Å²) in [4.78, 5) is 38.4. The number of aliphatic carboxylic acids is 1. The molecule has 10 atom stereocenters. The third-order valence-corrected chi connectivity index (χ3v) is 9.74. The third kappa shape index (κ3) is 11.8. The van der Waals surface area contributed by atoms with E-state index in [1.165, 1.54) is 0 Å². The van der Waals surface area contributed by atoms with Gasteiger partial charge in [0.25, 0.3) is 0 Å². The maximum Gasteiger partial charge on any atom is 0.409 e. The number of aliphatic hydroxyl groups is 1. The van der Waals surface area contributed by atoms with Gasteiger partial charge in [-0.1, -0.05) is 39.0 Å². The normalized spacial score (nSPS) is 29.9. The minimum atomic E-state index is -1.12. The Kier molecular flexibility index (Phi) is 15.2. The molecule has 12 nitrogen and oxygen atoms in total. The van der Waals surface area contributed by atoms with Crippen molar-refractivity contribution in [1.29, 1.82) is 0 Å². The van der Waals surface area contributed by atoms with Crippen LogP contribution in [0.3, 0.4) is 0 Å². The van der Waals surface area contributed by atoms with E-state index in [9.17, 15) is 24.6 Å². The minimum Gasteiger partial charge on any atom is -0.480 e. The van der Waals surface area contributed by atoms with Crippen molar-refractivity contribution in [2.24, 2.45) is 17.8 Å². The lowest BCUT2D eigenvalue weighted by atomic mass is 9.85. The summed E-state index contributed by atoms with van der Waals surface area (Å²) < 4.78 is 23.2. The highest BCUT2D eigenvalue weighted by Gasteiger charge is 2.56. The summed E-state index contributed by atoms with van der Waals surface area (Å²) in [6.45, 7) is 15.0. The van der Waals surface area contributed by atoms with E-state index in [4.69, 9.17) is 18.9 Å². The number of ether oxygens (including phenoxy) is 4. The van der Waals surface area contributed by atoms with Crippen molar-refractivity contribution >= 4 is 18.0 Å². The quantitative estimate of drug-likeness (QED) is 0.103. The topological polar surface area (TPSA) is 159 Å². The summed E-state index contributed by atoms with van der Waals surface area (Å²) >= 11 is 0. The fourth-order valence-corrected chi connectivity index (χ4v) is 7.13. The molecule has 47 heavy (non-hydrogen) atoms. The lowest BCUT2D eigenvalue weighted by molar-refractivity contribution is -0.143. The summed E-state index contributed by atoms with van der Waals surface area (Å²) in [5.74, 6) is -0.837. The molecule has 3 rings (SSSR count). The van der Waals surface area contributed by atoms with Crippen molar-refractivity contribution in [2.45, 2.75) is 122 Å². The first-order valence-corrected chi connectivity index (χ1v) is 17.3. The zero-order valence-electron chi connectivity index (χ0n) is 29.4. The minimum absolute atomic E-state index is 0.0405. The molecule has 0 saturated carbocycles. The Balaban J connectivity index is 1.43. The summed E-state index contributed by atoms with van der Waals surface area (Å²) in [6.07, 6.45) is 7.72. The van der Waals surface area contributed by atoms with Crippen molar-refractivity contribution in [3.63, 3.8) is 0 Å². The molecule has 3 heterocycles. The van der Waals surface area contributed by atoms with Crippen molar-refractivity contribution in [3.05, 3.63) is 23.8 Å². The molecule has 12 heteroatoms. The van der Waals surface area contributed by atoms with Crippen LogP contribution in [-0.2, 0) is 28.5 Å². The highest BCUT2D eigenvalue weighted by atomic mass is 16.6. The van der Waals surface area contributed by atoms with Gasteiger partial charge in [0, 0.05) is 39.2 Å². The zero-order chi connectivity index (χ0) is 34.7. The first-order chi connectivity index (χ1) is 22.2. The van der Waals surface area contributed by atoms with Crippen LogP contribution in [0.2, 0.25) is 0 Å². The number of carboxylic acid groups (broad SMARTS) is 1. The largest absolute Gasteiger partial charge is 0.480 e. The van der Waals surface area contributed by atoms with Crippen molar-refractivity contribution < 1.29 is 43.5 Å². The Hall–Kier alpha value is -2.51. The number of aliphatic hydroxyl groups excluding tert-OH is 1. The standard InChI is InChI=1S/C35H59N3O9/c1-22(21-35(6)32(47-35)25(4)31(44-7)26(5)39)10-8-11-23(2)30-24(3)13-14-27(46-30)20-29(40)37-28(33(41)42)12-9-19-45-34(43)38-17-15-36-16-18-38/h8,10-11,22,24-28,30-32,36,39H,9,12-21H2,1-7H3,(H,37,40)(H,41,42)/b10-8+,23-11+/t22?,24-,25+,26+,27+,28?,30+,31+,32+,35+/m0/s1. The number of carboxylic acids is 1. The molecule has 0 aliphatic carbocycles. The van der Waals surface area contributed by atoms with Gasteiger partial charge in [0.1, 0.15) is 6.04 Å². The summed E-state index contributed by atoms with van der Waals surface area (Å²) in [5, 5.41) is 25.5. The molecule has 3 aliphatic rings. The van der Waals surface area contributed by atoms with Crippen LogP contribution in [0, 0.1) is 17.8 Å². The molecular weight excluding hydrogens is 606 g/mol. The van der Waals surface area contributed by atoms with Crippen LogP contribution in [0.5, 0.6) is 0 Å². The number of rotatable bonds is 17. The van der Waals surface area contributed by atoms with Gasteiger partial charge in [0.2, 0.25) is 5.91 Å². The number of carbonyl (C=O) groups is 3. The van der Waals surface area contributed by atoms with Crippen molar-refractivity contribution in [2.75, 3.05) is 39.9 Å². The molecule has 0 aromatic heterocycles. The fraction of sp³-hybridized carbons (Fsp3) is 0.800. The predicted molar refractivity (Wildman–Crippen MR) is 178 cm³/mol. The molecular formula is C35H59N3O9. The molecule has 0 aromatic carbocycles. The van der Waals surface area contributed by atoms with Gasteiger partial charge >= 0.3 is 12.1 Å². The molecule has 0 radical (unpaired) electrons. The highest BCUT2D eigenvalue weighted by molar-refractivity contribution is 5.83. The van der Waals surface area contributed by atoms with Crippen LogP contribution in [0.25, 0.3) is 0 Å². The Morgan fingerprint density at radius 2 is 1.87 bits per heavy atom. The molecule has 3 aliphatic heterocycles. The van der Waals surface area contributed by atoms with Crippen LogP contribution >= 0.6 is 0 Å². The first kappa shape index (κ1) is 38.9. The second-order valence-electron chi connectivity index (χ2n) is 14.0. The van der Waals surface area contributed by atoms with Gasteiger partial charge in [-0.25, -0.2) is 9.59 Å². The predicted octanol–water partition coefficient (Wildman–Crippen LogP) is 3.67. The molecule has 2 amide bonds. The monoisotopic (exact) mass is 665 g/mol. The number of epoxide rings is 1. The van der Waals surface area contributed by atoms with E-state index in [-0.39, 0.29) is 73.1 Å². The number of hydrogen-bond acceptors (Lipinski definition) is 9. The van der Waals surface area contributed by atoms with E-state index in [0.717, 1.165) is 37.9 Å². The smallest absolute Gasteiger partial charge is 0.409 e. The van der Waals surface area contributed by atoms with Gasteiger partial charge < -0.3 is 44.7 Å². The van der Waals surface area contributed by atoms with E-state index in [0.29, 0.717) is 19.5 Å². The Bertz CT molecular complexity index is 1090. The maximum atomic E-state index is 12.8. The van der Waals surface area contributed by atoms with Crippen LogP contribution < -0.4 is 10.6 Å². The summed E-state index contributed by atoms with van der Waals surface area (Å²) in [7, 11) is 1.62. The van der Waals surface area contributed by atoms with Crippen molar-refractivity contribution in [3.8, 4) is 0 Å². The number of nitrogens with zero attached hydrogens (tertiary/aromatic N) is 1. The van der Waals surface area contributed by atoms with Crippen LogP contribution in [0.15, 0.2) is 23.8 Å². The summed E-state index contributed by atoms with van der Waals surface area (Å²) in [6, 6.07) is -1.06. The molecule has 3 saturated heterocycles. The van der Waals surface area contributed by atoms with Crippen LogP contribution in [0.4, 0.5) is 4.79 Å². The molecule has 0 spiro atoms. The van der Waals surface area contributed by atoms with E-state index >= 15 is 0 Å². The van der Waals surface area contributed by atoms with Gasteiger partial charge in [-0.2, -0.15) is 0 Å². The number of hydrogen-bond donors (Lipinski definition) is 4. The maximum absolute atomic E-state index is 12.8. The molecule has 3 fully saturated rings. The number of amides is 2. The fourth-order valence-electron chi connectivity index (χ4n) is 7.13. The lowest BCUT2D eigenvalue weighted by Gasteiger charge is -2.35. The van der Waals surface area contributed by atoms with Gasteiger partial charge in [-0.15, -0.1) is 0 Å². The highest BCUT2D eigenvalue weighted by Crippen LogP contribution is 2.47. The van der Waals surface area contributed by atoms with E-state index < -0.39 is 24.2 Å². The van der Waals surface area contributed by atoms with E-state index in [1.54, 1.807) is 18.9 Å². The number of piperazine rings is 1. The number of nitrogens with one attached hydrogen (secondary N) is 2. The SMILES string of the molecule is CO[C@H]([C@@H](C)[C@H]1O[C@]1(C)CC(C)/C=C/C=C(\C)[C@H]1O[C@@H](CC(=O)NC(CCCOC(=O)N2CCNCC2)C(=O)O)CC[C@@H]1C)[C@@H](C)O. The van der Waals surface area contributed by atoms with Crippen molar-refractivity contribution in [1.82, 2.24) is 15.5 Å². The molecule has 2 unspecified atom stereocenters. The number of allylic oxidation sites excluding steroid dienone is 3. The molecule has 268 valence electrons.